The van der Waals surface area contributed by atoms with Gasteiger partial charge in [-0.1, -0.05) is 0 Å². The Morgan fingerprint density at radius 1 is 1.35 bits per heavy atom. The van der Waals surface area contributed by atoms with E-state index in [-0.39, 0.29) is 23.9 Å². The second-order valence-corrected chi connectivity index (χ2v) is 9.33. The molecule has 2 saturated heterocycles. The van der Waals surface area contributed by atoms with E-state index in [0.29, 0.717) is 32.5 Å². The summed E-state index contributed by atoms with van der Waals surface area (Å²) in [5, 5.41) is 4.26. The summed E-state index contributed by atoms with van der Waals surface area (Å²) in [5.41, 5.74) is 0.384. The monoisotopic (exact) mass is 384 g/mol. The Hall–Kier alpha value is -1.45. The molecular weight excluding hydrogens is 356 g/mol. The van der Waals surface area contributed by atoms with Crippen molar-refractivity contribution in [2.75, 3.05) is 33.1 Å². The smallest absolute Gasteiger partial charge is 0.228 e. The van der Waals surface area contributed by atoms with Crippen LogP contribution in [0.3, 0.4) is 0 Å². The lowest BCUT2D eigenvalue weighted by atomic mass is 9.86. The largest absolute Gasteiger partial charge is 0.383 e. The molecule has 1 atom stereocenters. The van der Waals surface area contributed by atoms with Gasteiger partial charge in [0, 0.05) is 45.0 Å². The fourth-order valence-electron chi connectivity index (χ4n) is 4.48. The quantitative estimate of drug-likeness (QED) is 0.733. The molecule has 1 amide bonds. The lowest BCUT2D eigenvalue weighted by Crippen LogP contribution is -2.57. The van der Waals surface area contributed by atoms with E-state index in [4.69, 9.17) is 4.74 Å². The number of likely N-dealkylation sites (tertiary alicyclic amines) is 1. The summed E-state index contributed by atoms with van der Waals surface area (Å²) in [4.78, 5) is 14.4. The molecule has 1 unspecified atom stereocenters. The lowest BCUT2D eigenvalue weighted by Gasteiger charge is -2.45. The third-order valence-corrected chi connectivity index (χ3v) is 7.01. The summed E-state index contributed by atoms with van der Waals surface area (Å²) in [6, 6.07) is 1.74. The minimum atomic E-state index is -3.33. The Morgan fingerprint density at radius 3 is 2.58 bits per heavy atom. The molecule has 2 fully saturated rings. The number of ether oxygens (including phenoxy) is 1. The number of carbonyl (C=O) groups is 1. The van der Waals surface area contributed by atoms with Crippen LogP contribution in [0.25, 0.3) is 0 Å². The summed E-state index contributed by atoms with van der Waals surface area (Å²) in [5.74, 6) is 0.0518. The molecule has 0 aliphatic carbocycles. The van der Waals surface area contributed by atoms with Crippen LogP contribution >= 0.6 is 0 Å². The van der Waals surface area contributed by atoms with Crippen LogP contribution in [0.1, 0.15) is 31.4 Å². The molecule has 0 aromatic carbocycles. The zero-order valence-electron chi connectivity index (χ0n) is 15.7. The number of aromatic nitrogens is 2. The Morgan fingerprint density at radius 2 is 2.04 bits per heavy atom. The first-order valence-corrected chi connectivity index (χ1v) is 10.8. The average Bonchev–Trinajstić information content (AvgIpc) is 3.12. The van der Waals surface area contributed by atoms with Gasteiger partial charge in [0.1, 0.15) is 0 Å². The molecule has 2 aliphatic heterocycles. The van der Waals surface area contributed by atoms with E-state index < -0.39 is 10.0 Å². The highest BCUT2D eigenvalue weighted by Gasteiger charge is 2.52. The van der Waals surface area contributed by atoms with Crippen LogP contribution in [-0.2, 0) is 33.0 Å². The van der Waals surface area contributed by atoms with Crippen molar-refractivity contribution < 1.29 is 17.9 Å². The minimum Gasteiger partial charge on any atom is -0.383 e. The van der Waals surface area contributed by atoms with E-state index in [1.54, 1.807) is 16.1 Å². The van der Waals surface area contributed by atoms with Crippen molar-refractivity contribution in [1.82, 2.24) is 19.0 Å². The highest BCUT2D eigenvalue weighted by molar-refractivity contribution is 7.88. The van der Waals surface area contributed by atoms with Crippen LogP contribution in [0.5, 0.6) is 0 Å². The number of nitrogens with zero attached hydrogens (tertiary/aromatic N) is 4. The van der Waals surface area contributed by atoms with Crippen molar-refractivity contribution in [3.05, 3.63) is 18.0 Å². The van der Waals surface area contributed by atoms with Gasteiger partial charge in [-0.2, -0.15) is 9.40 Å². The number of rotatable bonds is 5. The van der Waals surface area contributed by atoms with E-state index in [1.165, 1.54) is 6.26 Å². The zero-order valence-corrected chi connectivity index (χ0v) is 16.5. The number of carbonyl (C=O) groups excluding carboxylic acids is 1. The van der Waals surface area contributed by atoms with Gasteiger partial charge in [0.25, 0.3) is 0 Å². The second-order valence-electron chi connectivity index (χ2n) is 7.47. The summed E-state index contributed by atoms with van der Waals surface area (Å²) < 4.78 is 33.5. The lowest BCUT2D eigenvalue weighted by molar-refractivity contribution is -0.132. The molecule has 3 rings (SSSR count). The van der Waals surface area contributed by atoms with Gasteiger partial charge < -0.3 is 9.64 Å². The van der Waals surface area contributed by atoms with E-state index in [2.05, 4.69) is 5.10 Å². The molecule has 8 nitrogen and oxygen atoms in total. The van der Waals surface area contributed by atoms with Crippen LogP contribution < -0.4 is 0 Å². The SMILES string of the molecule is COCC1CCC2(CCN(C(=O)Cc3ccn(C)n3)CC2)N1S(C)(=O)=O. The van der Waals surface area contributed by atoms with Crippen molar-refractivity contribution in [3.63, 3.8) is 0 Å². The highest BCUT2D eigenvalue weighted by Crippen LogP contribution is 2.43. The molecule has 26 heavy (non-hydrogen) atoms. The maximum absolute atomic E-state index is 12.6. The summed E-state index contributed by atoms with van der Waals surface area (Å²) in [6.07, 6.45) is 6.38. The predicted octanol–water partition coefficient (Wildman–Crippen LogP) is 0.394. The standard InChI is InChI=1S/C17H28N4O4S/c1-19-9-5-14(18-19)12-16(22)20-10-7-17(8-11-20)6-4-15(13-25-2)21(17)26(3,23)24/h5,9,15H,4,6-8,10-13H2,1-3H3. The van der Waals surface area contributed by atoms with Crippen LogP contribution in [-0.4, -0.2) is 78.0 Å². The molecule has 9 heteroatoms. The first-order valence-electron chi connectivity index (χ1n) is 9.00. The fourth-order valence-corrected chi connectivity index (χ4v) is 6.17. The molecule has 1 spiro atoms. The molecule has 146 valence electrons. The first-order chi connectivity index (χ1) is 12.2. The second kappa shape index (κ2) is 7.28. The van der Waals surface area contributed by atoms with Gasteiger partial charge in [-0.25, -0.2) is 8.42 Å². The van der Waals surface area contributed by atoms with Crippen molar-refractivity contribution in [1.29, 1.82) is 0 Å². The normalized spacial score (nSPS) is 23.7. The number of sulfonamides is 1. The third-order valence-electron chi connectivity index (χ3n) is 5.61. The van der Waals surface area contributed by atoms with Crippen molar-refractivity contribution in [3.8, 4) is 0 Å². The molecule has 0 saturated carbocycles. The van der Waals surface area contributed by atoms with Gasteiger partial charge in [0.15, 0.2) is 0 Å². The Labute approximate surface area is 155 Å². The van der Waals surface area contributed by atoms with E-state index >= 15 is 0 Å². The first kappa shape index (κ1) is 19.3. The van der Waals surface area contributed by atoms with Gasteiger partial charge in [0.05, 0.1) is 25.0 Å². The zero-order chi connectivity index (χ0) is 18.9. The molecule has 0 N–H and O–H groups in total. The van der Waals surface area contributed by atoms with E-state index in [1.807, 2.05) is 24.2 Å². The highest BCUT2D eigenvalue weighted by atomic mass is 32.2. The number of aryl methyl sites for hydroxylation is 1. The van der Waals surface area contributed by atoms with Gasteiger partial charge in [-0.3, -0.25) is 9.48 Å². The topological polar surface area (TPSA) is 84.7 Å². The van der Waals surface area contributed by atoms with E-state index in [9.17, 15) is 13.2 Å². The number of hydrogen-bond donors (Lipinski definition) is 0. The number of methoxy groups -OCH3 is 1. The fraction of sp³-hybridized carbons (Fsp3) is 0.765. The Kier molecular flexibility index (Phi) is 5.41. The summed E-state index contributed by atoms with van der Waals surface area (Å²) >= 11 is 0. The molecule has 0 bridgehead atoms. The summed E-state index contributed by atoms with van der Waals surface area (Å²) in [7, 11) is 0.102. The van der Waals surface area contributed by atoms with Crippen LogP contribution in [0.15, 0.2) is 12.3 Å². The number of hydrogen-bond acceptors (Lipinski definition) is 5. The van der Waals surface area contributed by atoms with Crippen LogP contribution in [0, 0.1) is 0 Å². The average molecular weight is 385 g/mol. The molecular formula is C17H28N4O4S. The molecule has 3 heterocycles. The van der Waals surface area contributed by atoms with Crippen molar-refractivity contribution in [2.45, 2.75) is 43.7 Å². The third kappa shape index (κ3) is 3.79. The van der Waals surface area contributed by atoms with Gasteiger partial charge >= 0.3 is 0 Å². The van der Waals surface area contributed by atoms with Gasteiger partial charge in [-0.15, -0.1) is 0 Å². The van der Waals surface area contributed by atoms with Crippen molar-refractivity contribution in [2.24, 2.45) is 7.05 Å². The van der Waals surface area contributed by atoms with Crippen molar-refractivity contribution >= 4 is 15.9 Å². The number of amides is 1. The van der Waals surface area contributed by atoms with Gasteiger partial charge in [0.2, 0.25) is 15.9 Å². The van der Waals surface area contributed by atoms with Crippen LogP contribution in [0.2, 0.25) is 0 Å². The van der Waals surface area contributed by atoms with E-state index in [0.717, 1.165) is 18.5 Å². The molecule has 0 radical (unpaired) electrons. The number of piperidine rings is 1. The molecule has 1 aromatic rings. The maximum atomic E-state index is 12.6. The maximum Gasteiger partial charge on any atom is 0.228 e. The van der Waals surface area contributed by atoms with Gasteiger partial charge in [-0.05, 0) is 31.7 Å². The molecule has 2 aliphatic rings. The molecule has 1 aromatic heterocycles. The predicted molar refractivity (Wildman–Crippen MR) is 97.0 cm³/mol. The Bertz CT molecular complexity index is 753. The van der Waals surface area contributed by atoms with Crippen LogP contribution in [0.4, 0.5) is 0 Å². The summed E-state index contributed by atoms with van der Waals surface area (Å²) in [6.45, 7) is 1.58. The minimum absolute atomic E-state index is 0.0518. The Balaban J connectivity index is 1.67.